The number of allylic oxidation sites excluding steroid dienone is 2. The number of rotatable bonds is 6. The van der Waals surface area contributed by atoms with E-state index in [0.717, 1.165) is 12.8 Å². The minimum absolute atomic E-state index is 0.0670. The Morgan fingerprint density at radius 3 is 2.67 bits per heavy atom. The molecular weight excluding hydrogens is 230 g/mol. The van der Waals surface area contributed by atoms with Crippen LogP contribution in [0.15, 0.2) is 12.2 Å². The molecule has 2 atom stereocenters. The van der Waals surface area contributed by atoms with E-state index in [0.29, 0.717) is 24.7 Å². The smallest absolute Gasteiger partial charge is 0.328 e. The minimum atomic E-state index is -0.520. The monoisotopic (exact) mass is 253 g/mol. The summed E-state index contributed by atoms with van der Waals surface area (Å²) in [6.07, 6.45) is 7.32. The lowest BCUT2D eigenvalue weighted by Gasteiger charge is -2.19. The SMILES string of the molecule is COC(=O)[C@H](CC(C)C)NC(=O)CC1C=CCC1. The van der Waals surface area contributed by atoms with E-state index in [2.05, 4.69) is 17.5 Å². The molecule has 0 saturated heterocycles. The maximum atomic E-state index is 11.9. The van der Waals surface area contributed by atoms with Crippen molar-refractivity contribution in [2.45, 2.75) is 45.6 Å². The zero-order valence-electron chi connectivity index (χ0n) is 11.4. The number of ether oxygens (including phenoxy) is 1. The molecule has 1 aliphatic rings. The van der Waals surface area contributed by atoms with E-state index in [4.69, 9.17) is 4.74 Å². The second-order valence-electron chi connectivity index (χ2n) is 5.24. The van der Waals surface area contributed by atoms with Crippen molar-refractivity contribution in [1.82, 2.24) is 5.32 Å². The first-order chi connectivity index (χ1) is 8.52. The third-order valence-electron chi connectivity index (χ3n) is 3.09. The molecule has 102 valence electrons. The van der Waals surface area contributed by atoms with Crippen molar-refractivity contribution in [2.24, 2.45) is 11.8 Å². The number of esters is 1. The highest BCUT2D eigenvalue weighted by atomic mass is 16.5. The first-order valence-electron chi connectivity index (χ1n) is 6.56. The Hall–Kier alpha value is -1.32. The topological polar surface area (TPSA) is 55.4 Å². The van der Waals surface area contributed by atoms with Gasteiger partial charge in [-0.05, 0) is 31.1 Å². The van der Waals surface area contributed by atoms with Crippen LogP contribution in [0.4, 0.5) is 0 Å². The van der Waals surface area contributed by atoms with Gasteiger partial charge in [-0.25, -0.2) is 4.79 Å². The lowest BCUT2D eigenvalue weighted by molar-refractivity contribution is -0.145. The minimum Gasteiger partial charge on any atom is -0.467 e. The summed E-state index contributed by atoms with van der Waals surface area (Å²) >= 11 is 0. The zero-order chi connectivity index (χ0) is 13.5. The molecule has 0 aromatic carbocycles. The highest BCUT2D eigenvalue weighted by Gasteiger charge is 2.23. The van der Waals surface area contributed by atoms with Crippen molar-refractivity contribution in [3.8, 4) is 0 Å². The Bertz CT molecular complexity index is 323. The predicted molar refractivity (Wildman–Crippen MR) is 69.9 cm³/mol. The van der Waals surface area contributed by atoms with Gasteiger partial charge in [0.15, 0.2) is 0 Å². The van der Waals surface area contributed by atoms with Crippen molar-refractivity contribution >= 4 is 11.9 Å². The second-order valence-corrected chi connectivity index (χ2v) is 5.24. The first kappa shape index (κ1) is 14.7. The van der Waals surface area contributed by atoms with Gasteiger partial charge in [0, 0.05) is 6.42 Å². The van der Waals surface area contributed by atoms with Gasteiger partial charge in [-0.2, -0.15) is 0 Å². The van der Waals surface area contributed by atoms with E-state index in [-0.39, 0.29) is 11.9 Å². The third kappa shape index (κ3) is 4.90. The third-order valence-corrected chi connectivity index (χ3v) is 3.09. The van der Waals surface area contributed by atoms with Crippen molar-refractivity contribution < 1.29 is 14.3 Å². The van der Waals surface area contributed by atoms with Gasteiger partial charge < -0.3 is 10.1 Å². The highest BCUT2D eigenvalue weighted by Crippen LogP contribution is 2.20. The lowest BCUT2D eigenvalue weighted by Crippen LogP contribution is -2.42. The van der Waals surface area contributed by atoms with Gasteiger partial charge in [-0.3, -0.25) is 4.79 Å². The van der Waals surface area contributed by atoms with Gasteiger partial charge in [0.1, 0.15) is 6.04 Å². The first-order valence-corrected chi connectivity index (χ1v) is 6.56. The second kappa shape index (κ2) is 7.19. The summed E-state index contributed by atoms with van der Waals surface area (Å²) in [5.41, 5.74) is 0. The molecular formula is C14H23NO3. The van der Waals surface area contributed by atoms with E-state index < -0.39 is 6.04 Å². The largest absolute Gasteiger partial charge is 0.467 e. The quantitative estimate of drug-likeness (QED) is 0.582. The van der Waals surface area contributed by atoms with E-state index in [1.165, 1.54) is 7.11 Å². The molecule has 0 aromatic heterocycles. The summed E-state index contributed by atoms with van der Waals surface area (Å²) in [5, 5.41) is 2.78. The summed E-state index contributed by atoms with van der Waals surface area (Å²) in [7, 11) is 1.35. The molecule has 0 aromatic rings. The summed E-state index contributed by atoms with van der Waals surface area (Å²) in [6, 6.07) is -0.520. The van der Waals surface area contributed by atoms with Gasteiger partial charge in [-0.1, -0.05) is 26.0 Å². The number of amides is 1. The van der Waals surface area contributed by atoms with Crippen molar-refractivity contribution in [1.29, 1.82) is 0 Å². The maximum absolute atomic E-state index is 11.9. The number of nitrogens with one attached hydrogen (secondary N) is 1. The molecule has 0 spiro atoms. The Morgan fingerprint density at radius 1 is 1.44 bits per heavy atom. The molecule has 1 N–H and O–H groups in total. The Kier molecular flexibility index (Phi) is 5.89. The number of carbonyl (C=O) groups is 2. The van der Waals surface area contributed by atoms with Crippen LogP contribution in [0, 0.1) is 11.8 Å². The lowest BCUT2D eigenvalue weighted by atomic mass is 10.0. The number of hydrogen-bond acceptors (Lipinski definition) is 3. The van der Waals surface area contributed by atoms with E-state index in [1.807, 2.05) is 13.8 Å². The number of carbonyl (C=O) groups excluding carboxylic acids is 2. The molecule has 0 radical (unpaired) electrons. The van der Waals surface area contributed by atoms with Crippen molar-refractivity contribution in [3.05, 3.63) is 12.2 Å². The molecule has 0 bridgehead atoms. The molecule has 1 unspecified atom stereocenters. The fourth-order valence-corrected chi connectivity index (χ4v) is 2.18. The van der Waals surface area contributed by atoms with Gasteiger partial charge in [0.25, 0.3) is 0 Å². The van der Waals surface area contributed by atoms with E-state index >= 15 is 0 Å². The fourth-order valence-electron chi connectivity index (χ4n) is 2.18. The Morgan fingerprint density at radius 2 is 2.17 bits per heavy atom. The molecule has 1 aliphatic carbocycles. The molecule has 1 rings (SSSR count). The molecule has 0 heterocycles. The van der Waals surface area contributed by atoms with Crippen molar-refractivity contribution in [2.75, 3.05) is 7.11 Å². The van der Waals surface area contributed by atoms with Crippen molar-refractivity contribution in [3.63, 3.8) is 0 Å². The Balaban J connectivity index is 2.45. The standard InChI is InChI=1S/C14H23NO3/c1-10(2)8-12(14(17)18-3)15-13(16)9-11-6-4-5-7-11/h4,6,10-12H,5,7-9H2,1-3H3,(H,15,16)/t11?,12-/m0/s1. The molecule has 4 heteroatoms. The van der Waals surface area contributed by atoms with Crippen LogP contribution in [0.1, 0.15) is 39.5 Å². The summed E-state index contributed by atoms with van der Waals surface area (Å²) in [6.45, 7) is 4.03. The van der Waals surface area contributed by atoms with E-state index in [9.17, 15) is 9.59 Å². The van der Waals surface area contributed by atoms with Crippen LogP contribution in [-0.2, 0) is 14.3 Å². The summed E-state index contributed by atoms with van der Waals surface area (Å²) in [4.78, 5) is 23.4. The van der Waals surface area contributed by atoms with Gasteiger partial charge in [0.05, 0.1) is 7.11 Å². The maximum Gasteiger partial charge on any atom is 0.328 e. The average molecular weight is 253 g/mol. The van der Waals surface area contributed by atoms with Crippen LogP contribution >= 0.6 is 0 Å². The fraction of sp³-hybridized carbons (Fsp3) is 0.714. The van der Waals surface area contributed by atoms with Gasteiger partial charge >= 0.3 is 5.97 Å². The molecule has 1 amide bonds. The summed E-state index contributed by atoms with van der Waals surface area (Å²) < 4.78 is 4.72. The molecule has 0 fully saturated rings. The van der Waals surface area contributed by atoms with Gasteiger partial charge in [-0.15, -0.1) is 0 Å². The predicted octanol–water partition coefficient (Wildman–Crippen LogP) is 2.05. The molecule has 4 nitrogen and oxygen atoms in total. The zero-order valence-corrected chi connectivity index (χ0v) is 11.4. The summed E-state index contributed by atoms with van der Waals surface area (Å²) in [5.74, 6) is 0.227. The van der Waals surface area contributed by atoms with Crippen LogP contribution in [-0.4, -0.2) is 25.0 Å². The van der Waals surface area contributed by atoms with Crippen LogP contribution < -0.4 is 5.32 Å². The number of hydrogen-bond donors (Lipinski definition) is 1. The molecule has 0 saturated carbocycles. The normalized spacial score (nSPS) is 19.9. The van der Waals surface area contributed by atoms with Gasteiger partial charge in [0.2, 0.25) is 5.91 Å². The Labute approximate surface area is 109 Å². The average Bonchev–Trinajstić information content (AvgIpc) is 2.79. The highest BCUT2D eigenvalue weighted by molar-refractivity contribution is 5.84. The van der Waals surface area contributed by atoms with Crippen LogP contribution in [0.2, 0.25) is 0 Å². The van der Waals surface area contributed by atoms with Crippen LogP contribution in [0.3, 0.4) is 0 Å². The number of methoxy groups -OCH3 is 1. The molecule has 0 aliphatic heterocycles. The molecule has 18 heavy (non-hydrogen) atoms. The van der Waals surface area contributed by atoms with Crippen LogP contribution in [0.5, 0.6) is 0 Å². The van der Waals surface area contributed by atoms with Crippen LogP contribution in [0.25, 0.3) is 0 Å². The van der Waals surface area contributed by atoms with E-state index in [1.54, 1.807) is 0 Å².